The summed E-state index contributed by atoms with van der Waals surface area (Å²) in [5.41, 5.74) is 6.84. The first-order chi connectivity index (χ1) is 15.7. The Hall–Kier alpha value is -3.57. The molecular formula is C27H25ClN2O3. The fraction of sp³-hybridized carbons (Fsp3) is 0.185. The van der Waals surface area contributed by atoms with Gasteiger partial charge in [-0.2, -0.15) is 0 Å². The number of ether oxygens (including phenoxy) is 1. The molecule has 0 saturated carbocycles. The molecule has 1 aliphatic rings. The number of methoxy groups -OCH3 is 1. The molecule has 0 fully saturated rings. The average Bonchev–Trinajstić information content (AvgIpc) is 3.20. The van der Waals surface area contributed by atoms with E-state index in [0.717, 1.165) is 28.2 Å². The average molecular weight is 461 g/mol. The van der Waals surface area contributed by atoms with Gasteiger partial charge in [-0.25, -0.2) is 4.79 Å². The Labute approximate surface area is 198 Å². The SMILES string of the molecule is COC(=O)C1=C(C)N(c2ccc(Cl)cc2)C(=O)/C1=C\c1cc(C)n(-c2ccccc2C)c1C. The molecular weight excluding hydrogens is 436 g/mol. The van der Waals surface area contributed by atoms with Crippen molar-refractivity contribution in [1.29, 1.82) is 0 Å². The Balaban J connectivity index is 1.86. The Morgan fingerprint density at radius 1 is 1.00 bits per heavy atom. The predicted molar refractivity (Wildman–Crippen MR) is 132 cm³/mol. The van der Waals surface area contributed by atoms with E-state index in [1.165, 1.54) is 12.0 Å². The van der Waals surface area contributed by atoms with Gasteiger partial charge in [0.1, 0.15) is 0 Å². The van der Waals surface area contributed by atoms with Gasteiger partial charge in [0.2, 0.25) is 0 Å². The zero-order valence-electron chi connectivity index (χ0n) is 19.3. The minimum absolute atomic E-state index is 0.262. The number of para-hydroxylation sites is 1. The van der Waals surface area contributed by atoms with Gasteiger partial charge in [0, 0.05) is 33.5 Å². The fourth-order valence-electron chi connectivity index (χ4n) is 4.36. The zero-order valence-corrected chi connectivity index (χ0v) is 20.0. The van der Waals surface area contributed by atoms with E-state index in [1.807, 2.05) is 32.0 Å². The first-order valence-corrected chi connectivity index (χ1v) is 11.0. The van der Waals surface area contributed by atoms with Crippen LogP contribution < -0.4 is 4.90 Å². The summed E-state index contributed by atoms with van der Waals surface area (Å²) in [6.45, 7) is 7.85. The van der Waals surface area contributed by atoms with Crippen molar-refractivity contribution in [3.63, 3.8) is 0 Å². The highest BCUT2D eigenvalue weighted by Gasteiger charge is 2.38. The molecule has 5 nitrogen and oxygen atoms in total. The highest BCUT2D eigenvalue weighted by Crippen LogP contribution is 2.36. The van der Waals surface area contributed by atoms with Crippen molar-refractivity contribution in [2.45, 2.75) is 27.7 Å². The maximum atomic E-state index is 13.5. The largest absolute Gasteiger partial charge is 0.465 e. The van der Waals surface area contributed by atoms with Gasteiger partial charge in [0.05, 0.1) is 18.3 Å². The number of halogens is 1. The van der Waals surface area contributed by atoms with E-state index in [0.29, 0.717) is 22.0 Å². The normalized spacial score (nSPS) is 15.0. The first kappa shape index (κ1) is 22.6. The molecule has 0 N–H and O–H groups in total. The molecule has 1 amide bonds. The number of benzene rings is 2. The first-order valence-electron chi connectivity index (χ1n) is 10.6. The van der Waals surface area contributed by atoms with Crippen LogP contribution in [-0.2, 0) is 14.3 Å². The molecule has 2 heterocycles. The van der Waals surface area contributed by atoms with E-state index >= 15 is 0 Å². The number of carbonyl (C=O) groups excluding carboxylic acids is 2. The van der Waals surface area contributed by atoms with Crippen molar-refractivity contribution in [1.82, 2.24) is 4.57 Å². The molecule has 0 spiro atoms. The molecule has 0 atom stereocenters. The van der Waals surface area contributed by atoms with Crippen molar-refractivity contribution in [2.24, 2.45) is 0 Å². The predicted octanol–water partition coefficient (Wildman–Crippen LogP) is 5.93. The highest BCUT2D eigenvalue weighted by atomic mass is 35.5. The summed E-state index contributed by atoms with van der Waals surface area (Å²) >= 11 is 6.02. The molecule has 168 valence electrons. The highest BCUT2D eigenvalue weighted by molar-refractivity contribution is 6.30. The quantitative estimate of drug-likeness (QED) is 0.358. The van der Waals surface area contributed by atoms with Crippen molar-refractivity contribution < 1.29 is 14.3 Å². The van der Waals surface area contributed by atoms with Crippen molar-refractivity contribution in [2.75, 3.05) is 12.0 Å². The number of nitrogens with zero attached hydrogens (tertiary/aromatic N) is 2. The topological polar surface area (TPSA) is 51.5 Å². The second kappa shape index (κ2) is 8.75. The lowest BCUT2D eigenvalue weighted by Crippen LogP contribution is -2.24. The molecule has 0 bridgehead atoms. The van der Waals surface area contributed by atoms with Crippen LogP contribution in [0.2, 0.25) is 5.02 Å². The fourth-order valence-corrected chi connectivity index (χ4v) is 4.48. The maximum Gasteiger partial charge on any atom is 0.340 e. The number of esters is 1. The number of allylic oxidation sites excluding steroid dienone is 1. The van der Waals surface area contributed by atoms with Crippen LogP contribution in [0.15, 0.2) is 71.4 Å². The number of hydrogen-bond acceptors (Lipinski definition) is 3. The van der Waals surface area contributed by atoms with Gasteiger partial charge in [-0.05, 0) is 81.3 Å². The monoisotopic (exact) mass is 460 g/mol. The molecule has 0 aliphatic carbocycles. The summed E-state index contributed by atoms with van der Waals surface area (Å²) in [5.74, 6) is -0.827. The van der Waals surface area contributed by atoms with Crippen LogP contribution in [0.25, 0.3) is 11.8 Å². The number of aryl methyl sites for hydroxylation is 2. The van der Waals surface area contributed by atoms with Gasteiger partial charge in [0.25, 0.3) is 5.91 Å². The van der Waals surface area contributed by atoms with Gasteiger partial charge < -0.3 is 9.30 Å². The number of carbonyl (C=O) groups is 2. The minimum Gasteiger partial charge on any atom is -0.465 e. The van der Waals surface area contributed by atoms with Crippen LogP contribution in [0.1, 0.15) is 29.4 Å². The van der Waals surface area contributed by atoms with E-state index in [9.17, 15) is 9.59 Å². The van der Waals surface area contributed by atoms with Crippen LogP contribution >= 0.6 is 11.6 Å². The Morgan fingerprint density at radius 2 is 1.67 bits per heavy atom. The number of rotatable bonds is 4. The second-order valence-corrected chi connectivity index (χ2v) is 8.51. The summed E-state index contributed by atoms with van der Waals surface area (Å²) in [4.78, 5) is 27.8. The molecule has 6 heteroatoms. The van der Waals surface area contributed by atoms with Gasteiger partial charge in [0.15, 0.2) is 0 Å². The smallest absolute Gasteiger partial charge is 0.340 e. The maximum absolute atomic E-state index is 13.5. The lowest BCUT2D eigenvalue weighted by molar-refractivity contribution is -0.136. The lowest BCUT2D eigenvalue weighted by atomic mass is 10.0. The molecule has 1 aliphatic heterocycles. The summed E-state index contributed by atoms with van der Waals surface area (Å²) in [7, 11) is 1.32. The van der Waals surface area contributed by atoms with Crippen molar-refractivity contribution in [3.05, 3.63) is 99.0 Å². The van der Waals surface area contributed by atoms with Crippen LogP contribution in [0.3, 0.4) is 0 Å². The number of anilines is 1. The third kappa shape index (κ3) is 3.89. The van der Waals surface area contributed by atoms with Crippen LogP contribution in [0.4, 0.5) is 5.69 Å². The van der Waals surface area contributed by atoms with Crippen molar-refractivity contribution in [3.8, 4) is 5.69 Å². The number of aromatic nitrogens is 1. The Bertz CT molecular complexity index is 1330. The molecule has 0 radical (unpaired) electrons. The lowest BCUT2D eigenvalue weighted by Gasteiger charge is -2.18. The summed E-state index contributed by atoms with van der Waals surface area (Å²) < 4.78 is 7.18. The van der Waals surface area contributed by atoms with E-state index in [2.05, 4.69) is 23.6 Å². The van der Waals surface area contributed by atoms with Gasteiger partial charge in [-0.1, -0.05) is 29.8 Å². The van der Waals surface area contributed by atoms with Gasteiger partial charge >= 0.3 is 5.97 Å². The number of amides is 1. The molecule has 1 aromatic heterocycles. The molecule has 4 rings (SSSR count). The second-order valence-electron chi connectivity index (χ2n) is 8.08. The summed E-state index contributed by atoms with van der Waals surface area (Å²) in [6, 6.07) is 17.1. The minimum atomic E-state index is -0.545. The zero-order chi connectivity index (χ0) is 23.9. The molecule has 0 saturated heterocycles. The third-order valence-corrected chi connectivity index (χ3v) is 6.25. The summed E-state index contributed by atoms with van der Waals surface area (Å²) in [5, 5.41) is 0.569. The summed E-state index contributed by atoms with van der Waals surface area (Å²) in [6.07, 6.45) is 1.78. The van der Waals surface area contributed by atoms with Gasteiger partial charge in [-0.3, -0.25) is 9.69 Å². The molecule has 3 aromatic rings. The Morgan fingerprint density at radius 3 is 2.30 bits per heavy atom. The van der Waals surface area contributed by atoms with Crippen LogP contribution in [-0.4, -0.2) is 23.6 Å². The molecule has 2 aromatic carbocycles. The van der Waals surface area contributed by atoms with E-state index in [-0.39, 0.29) is 11.5 Å². The molecule has 0 unspecified atom stereocenters. The van der Waals surface area contributed by atoms with E-state index in [4.69, 9.17) is 16.3 Å². The van der Waals surface area contributed by atoms with Gasteiger partial charge in [-0.15, -0.1) is 0 Å². The Kier molecular flexibility index (Phi) is 6.00. The van der Waals surface area contributed by atoms with Crippen molar-refractivity contribution >= 4 is 35.2 Å². The van der Waals surface area contributed by atoms with E-state index in [1.54, 1.807) is 37.3 Å². The van der Waals surface area contributed by atoms with Crippen LogP contribution in [0.5, 0.6) is 0 Å². The van der Waals surface area contributed by atoms with Crippen LogP contribution in [0, 0.1) is 20.8 Å². The number of hydrogen-bond donors (Lipinski definition) is 0. The third-order valence-electron chi connectivity index (χ3n) is 6.00. The van der Waals surface area contributed by atoms with E-state index < -0.39 is 5.97 Å². The standard InChI is InChI=1S/C27H25ClN2O3/c1-16-8-6-7-9-24(16)29-17(2)14-20(18(29)3)15-23-25(27(32)33-5)19(4)30(26(23)31)22-12-10-21(28)11-13-22/h6-15H,1-5H3/b23-15-. The molecule has 33 heavy (non-hydrogen) atoms.